The van der Waals surface area contributed by atoms with E-state index in [1.54, 1.807) is 27.4 Å². The molecule has 0 saturated carbocycles. The molecule has 7 heteroatoms. The maximum absolute atomic E-state index is 5.39. The van der Waals surface area contributed by atoms with E-state index in [-0.39, 0.29) is 18.4 Å². The molecule has 0 bridgehead atoms. The number of hydrogen-bond donors (Lipinski definition) is 2. The Morgan fingerprint density at radius 3 is 1.78 bits per heavy atom. The summed E-state index contributed by atoms with van der Waals surface area (Å²) < 4.78 is 15.5. The zero-order chi connectivity index (χ0) is 13.7. The van der Waals surface area contributed by atoms with Gasteiger partial charge in [-0.05, 0) is 6.42 Å². The van der Waals surface area contributed by atoms with Gasteiger partial charge in [0.25, 0.3) is 0 Å². The maximum atomic E-state index is 5.39. The minimum absolute atomic E-state index is 0. The molecule has 1 unspecified atom stereocenters. The molecule has 1 atom stereocenters. The zero-order valence-electron chi connectivity index (χ0n) is 12.0. The SMILES string of the molecule is C=CCC(N)CN.CCC[Si](OC)(OC)OC.Cl. The van der Waals surface area contributed by atoms with Gasteiger partial charge in [-0.2, -0.15) is 0 Å². The summed E-state index contributed by atoms with van der Waals surface area (Å²) in [4.78, 5) is 0. The molecule has 0 heterocycles. The van der Waals surface area contributed by atoms with Gasteiger partial charge >= 0.3 is 8.80 Å². The molecule has 0 aromatic carbocycles. The molecule has 0 amide bonds. The first-order valence-corrected chi connectivity index (χ1v) is 7.70. The summed E-state index contributed by atoms with van der Waals surface area (Å²) in [5, 5.41) is 0. The third kappa shape index (κ3) is 11.2. The van der Waals surface area contributed by atoms with E-state index in [1.165, 1.54) is 0 Å². The van der Waals surface area contributed by atoms with Crippen LogP contribution in [0, 0.1) is 0 Å². The summed E-state index contributed by atoms with van der Waals surface area (Å²) in [6.07, 6.45) is 3.62. The van der Waals surface area contributed by atoms with Crippen LogP contribution in [0.5, 0.6) is 0 Å². The lowest BCUT2D eigenvalue weighted by atomic mass is 10.2. The fourth-order valence-corrected chi connectivity index (χ4v) is 2.90. The molecular weight excluding hydrogens is 272 g/mol. The van der Waals surface area contributed by atoms with Crippen molar-refractivity contribution in [3.63, 3.8) is 0 Å². The van der Waals surface area contributed by atoms with Gasteiger partial charge < -0.3 is 24.7 Å². The first-order chi connectivity index (χ1) is 8.05. The van der Waals surface area contributed by atoms with Crippen molar-refractivity contribution in [2.75, 3.05) is 27.9 Å². The Balaban J connectivity index is -0.000000251. The summed E-state index contributed by atoms with van der Waals surface area (Å²) in [6.45, 7) is 6.14. The second-order valence-corrected chi connectivity index (χ2v) is 6.66. The Kier molecular flexibility index (Phi) is 19.4. The summed E-state index contributed by atoms with van der Waals surface area (Å²) in [7, 11) is 2.68. The van der Waals surface area contributed by atoms with Crippen LogP contribution in [0.15, 0.2) is 12.7 Å². The molecule has 0 spiro atoms. The molecule has 0 fully saturated rings. The fourth-order valence-electron chi connectivity index (χ4n) is 1.17. The van der Waals surface area contributed by atoms with Crippen LogP contribution < -0.4 is 11.5 Å². The largest absolute Gasteiger partial charge is 0.500 e. The third-order valence-corrected chi connectivity index (χ3v) is 5.24. The zero-order valence-corrected chi connectivity index (χ0v) is 13.8. The predicted octanol–water partition coefficient (Wildman–Crippen LogP) is 1.54. The predicted molar refractivity (Wildman–Crippen MR) is 81.0 cm³/mol. The second-order valence-electron chi connectivity index (χ2n) is 3.57. The molecule has 0 aromatic heterocycles. The smallest absolute Gasteiger partial charge is 0.377 e. The normalized spacial score (nSPS) is 11.9. The minimum Gasteiger partial charge on any atom is -0.377 e. The van der Waals surface area contributed by atoms with Crippen LogP contribution in [-0.2, 0) is 13.3 Å². The van der Waals surface area contributed by atoms with Crippen molar-refractivity contribution in [3.05, 3.63) is 12.7 Å². The summed E-state index contributed by atoms with van der Waals surface area (Å²) in [5.74, 6) is 0. The summed E-state index contributed by atoms with van der Waals surface area (Å²) >= 11 is 0. The van der Waals surface area contributed by atoms with Crippen molar-refractivity contribution in [3.8, 4) is 0 Å². The Morgan fingerprint density at radius 2 is 1.67 bits per heavy atom. The Morgan fingerprint density at radius 1 is 1.22 bits per heavy atom. The van der Waals surface area contributed by atoms with E-state index in [1.807, 2.05) is 0 Å². The number of halogens is 1. The molecule has 0 aliphatic rings. The number of nitrogens with two attached hydrogens (primary N) is 2. The van der Waals surface area contributed by atoms with Gasteiger partial charge in [0.15, 0.2) is 0 Å². The van der Waals surface area contributed by atoms with Crippen molar-refractivity contribution in [1.82, 2.24) is 0 Å². The van der Waals surface area contributed by atoms with Crippen LogP contribution >= 0.6 is 12.4 Å². The standard InChI is InChI=1S/C6H16O3Si.C5H12N2.ClH/c1-5-6-10(7-2,8-3)9-4;1-2-3-5(7)4-6;/h5-6H2,1-4H3;2,5H,1,3-4,6-7H2;1H. The molecule has 5 nitrogen and oxygen atoms in total. The van der Waals surface area contributed by atoms with Gasteiger partial charge in [0.1, 0.15) is 0 Å². The Labute approximate surface area is 119 Å². The van der Waals surface area contributed by atoms with E-state index in [9.17, 15) is 0 Å². The van der Waals surface area contributed by atoms with Crippen molar-refractivity contribution in [1.29, 1.82) is 0 Å². The summed E-state index contributed by atoms with van der Waals surface area (Å²) in [6, 6.07) is 0.994. The maximum Gasteiger partial charge on any atom is 0.500 e. The summed E-state index contributed by atoms with van der Waals surface area (Å²) in [5.41, 5.74) is 10.6. The molecule has 0 radical (unpaired) electrons. The molecule has 0 aliphatic heterocycles. The fraction of sp³-hybridized carbons (Fsp3) is 0.818. The van der Waals surface area contributed by atoms with Gasteiger partial charge in [-0.25, -0.2) is 0 Å². The van der Waals surface area contributed by atoms with Crippen LogP contribution in [0.25, 0.3) is 0 Å². The van der Waals surface area contributed by atoms with Crippen molar-refractivity contribution in [2.45, 2.75) is 31.9 Å². The third-order valence-electron chi connectivity index (χ3n) is 2.26. The number of rotatable bonds is 8. The van der Waals surface area contributed by atoms with Crippen LogP contribution in [0.2, 0.25) is 6.04 Å². The van der Waals surface area contributed by atoms with E-state index >= 15 is 0 Å². The first-order valence-electron chi connectivity index (χ1n) is 5.77. The van der Waals surface area contributed by atoms with E-state index in [0.717, 1.165) is 18.9 Å². The lowest BCUT2D eigenvalue weighted by Gasteiger charge is -2.23. The molecule has 0 rings (SSSR count). The van der Waals surface area contributed by atoms with E-state index in [4.69, 9.17) is 24.7 Å². The van der Waals surface area contributed by atoms with Gasteiger partial charge in [0, 0.05) is 40.0 Å². The number of hydrogen-bond acceptors (Lipinski definition) is 5. The van der Waals surface area contributed by atoms with Gasteiger partial charge in [-0.15, -0.1) is 19.0 Å². The quantitative estimate of drug-likeness (QED) is 0.525. The molecule has 0 aliphatic carbocycles. The average Bonchev–Trinajstić information content (AvgIpc) is 2.37. The van der Waals surface area contributed by atoms with Gasteiger partial charge in [-0.1, -0.05) is 19.4 Å². The molecular formula is C11H29ClN2O3Si. The highest BCUT2D eigenvalue weighted by Gasteiger charge is 2.36. The van der Waals surface area contributed by atoms with E-state index < -0.39 is 8.80 Å². The topological polar surface area (TPSA) is 79.7 Å². The van der Waals surface area contributed by atoms with Crippen LogP contribution in [-0.4, -0.2) is 42.7 Å². The molecule has 18 heavy (non-hydrogen) atoms. The van der Waals surface area contributed by atoms with Crippen molar-refractivity contribution < 1.29 is 13.3 Å². The van der Waals surface area contributed by atoms with Crippen molar-refractivity contribution in [2.24, 2.45) is 11.5 Å². The average molecular weight is 301 g/mol. The molecule has 112 valence electrons. The second kappa shape index (κ2) is 15.1. The van der Waals surface area contributed by atoms with Gasteiger partial charge in [0.2, 0.25) is 0 Å². The molecule has 0 aromatic rings. The van der Waals surface area contributed by atoms with Gasteiger partial charge in [-0.3, -0.25) is 0 Å². The lowest BCUT2D eigenvalue weighted by molar-refractivity contribution is 0.123. The Bertz CT molecular complexity index is 175. The Hall–Kier alpha value is 0.0469. The van der Waals surface area contributed by atoms with E-state index in [2.05, 4.69) is 13.5 Å². The highest BCUT2D eigenvalue weighted by Crippen LogP contribution is 2.13. The molecule has 4 N–H and O–H groups in total. The highest BCUT2D eigenvalue weighted by molar-refractivity contribution is 6.60. The first kappa shape index (κ1) is 23.2. The van der Waals surface area contributed by atoms with Crippen molar-refractivity contribution >= 4 is 21.2 Å². The van der Waals surface area contributed by atoms with Crippen LogP contribution in [0.4, 0.5) is 0 Å². The highest BCUT2D eigenvalue weighted by atomic mass is 35.5. The van der Waals surface area contributed by atoms with E-state index in [0.29, 0.717) is 6.54 Å². The van der Waals surface area contributed by atoms with Crippen LogP contribution in [0.1, 0.15) is 19.8 Å². The van der Waals surface area contributed by atoms with Crippen LogP contribution in [0.3, 0.4) is 0 Å². The molecule has 0 saturated heterocycles. The monoisotopic (exact) mass is 300 g/mol. The van der Waals surface area contributed by atoms with Gasteiger partial charge in [0.05, 0.1) is 0 Å². The minimum atomic E-state index is -2.22. The lowest BCUT2D eigenvalue weighted by Crippen LogP contribution is -2.42.